The molecule has 1 aromatic carbocycles. The van der Waals surface area contributed by atoms with Crippen LogP contribution in [0.1, 0.15) is 42.3 Å². The number of likely N-dealkylation sites (tertiary alicyclic amines) is 1. The highest BCUT2D eigenvalue weighted by Crippen LogP contribution is 2.25. The van der Waals surface area contributed by atoms with Gasteiger partial charge in [0.2, 0.25) is 0 Å². The monoisotopic (exact) mass is 427 g/mol. The summed E-state index contributed by atoms with van der Waals surface area (Å²) in [6.45, 7) is 9.43. The maximum absolute atomic E-state index is 12.9. The summed E-state index contributed by atoms with van der Waals surface area (Å²) in [5.74, 6) is -0.170. The molecule has 7 heteroatoms. The molecule has 1 saturated heterocycles. The molecule has 1 fully saturated rings. The molecular weight excluding hydrogens is 398 g/mol. The lowest BCUT2D eigenvalue weighted by molar-refractivity contribution is 0.0921. The minimum atomic E-state index is -0.999. The summed E-state index contributed by atoms with van der Waals surface area (Å²) < 4.78 is 18.3. The molecule has 0 saturated carbocycles. The van der Waals surface area contributed by atoms with E-state index in [9.17, 15) is 9.35 Å². The molecule has 1 unspecified atom stereocenters. The molecule has 1 atom stereocenters. The van der Waals surface area contributed by atoms with Gasteiger partial charge in [0, 0.05) is 43.9 Å². The lowest BCUT2D eigenvalue weighted by Crippen LogP contribution is -2.39. The van der Waals surface area contributed by atoms with Crippen molar-refractivity contribution in [1.29, 1.82) is 5.41 Å². The third-order valence-corrected chi connectivity index (χ3v) is 7.13. The van der Waals surface area contributed by atoms with Crippen molar-refractivity contribution in [3.63, 3.8) is 0 Å². The number of carbonyl (C=O) groups is 1. The lowest BCUT2D eigenvalue weighted by Gasteiger charge is -2.32. The minimum absolute atomic E-state index is 0.167. The molecule has 2 heterocycles. The Labute approximate surface area is 180 Å². The van der Waals surface area contributed by atoms with Gasteiger partial charge in [0.05, 0.1) is 0 Å². The van der Waals surface area contributed by atoms with E-state index in [4.69, 9.17) is 9.83 Å². The van der Waals surface area contributed by atoms with Gasteiger partial charge < -0.3 is 24.6 Å². The van der Waals surface area contributed by atoms with Crippen LogP contribution in [0.2, 0.25) is 0 Å². The molecule has 0 radical (unpaired) electrons. The van der Waals surface area contributed by atoms with Crippen molar-refractivity contribution < 1.29 is 13.8 Å². The first-order valence-electron chi connectivity index (χ1n) is 10.3. The summed E-state index contributed by atoms with van der Waals surface area (Å²) in [4.78, 5) is 15.6. The number of nitrogens with zero attached hydrogens (tertiary/aromatic N) is 1. The number of carbonyl (C=O) groups excluding carboxylic acids is 1. The lowest BCUT2D eigenvalue weighted by atomic mass is 10.1. The largest absolute Gasteiger partial charge is 0.611 e. The third kappa shape index (κ3) is 5.62. The van der Waals surface area contributed by atoms with E-state index in [2.05, 4.69) is 23.7 Å². The highest BCUT2D eigenvalue weighted by Gasteiger charge is 2.29. The predicted molar refractivity (Wildman–Crippen MR) is 121 cm³/mol. The van der Waals surface area contributed by atoms with Crippen molar-refractivity contribution in [2.45, 2.75) is 42.9 Å². The Bertz CT molecular complexity index is 963. The van der Waals surface area contributed by atoms with Crippen molar-refractivity contribution in [3.8, 4) is 0 Å². The van der Waals surface area contributed by atoms with Crippen LogP contribution in [0.5, 0.6) is 0 Å². The van der Waals surface area contributed by atoms with E-state index in [-0.39, 0.29) is 16.9 Å². The average molecular weight is 428 g/mol. The minimum Gasteiger partial charge on any atom is -0.611 e. The molecule has 1 aliphatic rings. The first-order valence-corrected chi connectivity index (χ1v) is 11.5. The predicted octanol–water partition coefficient (Wildman–Crippen LogP) is 2.03. The number of hydrogen-bond donors (Lipinski definition) is 2. The van der Waals surface area contributed by atoms with E-state index in [1.807, 2.05) is 24.3 Å². The van der Waals surface area contributed by atoms with Gasteiger partial charge in [0.25, 0.3) is 5.91 Å². The number of amides is 1. The van der Waals surface area contributed by atoms with E-state index >= 15 is 0 Å². The van der Waals surface area contributed by atoms with Gasteiger partial charge in [-0.3, -0.25) is 4.79 Å². The molecule has 30 heavy (non-hydrogen) atoms. The van der Waals surface area contributed by atoms with Crippen LogP contribution in [0.3, 0.4) is 0 Å². The molecule has 2 N–H and O–H groups in total. The van der Waals surface area contributed by atoms with Crippen molar-refractivity contribution in [2.24, 2.45) is 0 Å². The van der Waals surface area contributed by atoms with Crippen LogP contribution in [0.4, 0.5) is 0 Å². The van der Waals surface area contributed by atoms with Crippen molar-refractivity contribution in [3.05, 3.63) is 52.3 Å². The molecule has 3 rings (SSSR count). The average Bonchev–Trinajstić information content (AvgIpc) is 3.13. The third-order valence-electron chi connectivity index (χ3n) is 5.31. The maximum atomic E-state index is 12.9. The van der Waals surface area contributed by atoms with Crippen LogP contribution in [0.25, 0.3) is 12.7 Å². The normalized spacial score (nSPS) is 17.1. The number of piperidine rings is 1. The van der Waals surface area contributed by atoms with Gasteiger partial charge in [-0.2, -0.15) is 0 Å². The second-order valence-corrected chi connectivity index (χ2v) is 9.22. The summed E-state index contributed by atoms with van der Waals surface area (Å²) in [6, 6.07) is 9.18. The topological polar surface area (TPSA) is 92.4 Å². The zero-order valence-electron chi connectivity index (χ0n) is 17.4. The zero-order chi connectivity index (χ0) is 21.5. The number of nitrogens with one attached hydrogen (secondary N) is 2. The standard InChI is InChI=1S/C23H29N3O3S/c1-3-12-26-13-9-21(10-14-26)30(28)20-6-4-18(5-7-20)16-25-23(27)22-15-19(8-11-24)17(2)29-22/h4-8,11,15,21,24H,2-3,9-10,12-14,16H2,1H3,(H,25,27)/b19-8-,24-11?. The summed E-state index contributed by atoms with van der Waals surface area (Å²) in [7, 11) is 0. The molecule has 0 spiro atoms. The highest BCUT2D eigenvalue weighted by molar-refractivity contribution is 7.92. The number of furan rings is 1. The molecule has 1 aromatic heterocycles. The summed E-state index contributed by atoms with van der Waals surface area (Å²) in [6.07, 6.45) is 5.75. The molecule has 0 bridgehead atoms. The first kappa shape index (κ1) is 22.3. The van der Waals surface area contributed by atoms with Crippen molar-refractivity contribution >= 4 is 36.0 Å². The van der Waals surface area contributed by atoms with Crippen molar-refractivity contribution in [1.82, 2.24) is 10.2 Å². The first-order chi connectivity index (χ1) is 14.5. The molecule has 160 valence electrons. The van der Waals surface area contributed by atoms with E-state index < -0.39 is 11.2 Å². The van der Waals surface area contributed by atoms with Crippen LogP contribution < -0.4 is 16.0 Å². The Kier molecular flexibility index (Phi) is 7.90. The summed E-state index contributed by atoms with van der Waals surface area (Å²) in [5.41, 5.74) is 1.28. The molecule has 0 aliphatic carbocycles. The Morgan fingerprint density at radius 3 is 2.70 bits per heavy atom. The van der Waals surface area contributed by atoms with E-state index in [1.165, 1.54) is 6.08 Å². The van der Waals surface area contributed by atoms with E-state index in [1.54, 1.807) is 6.07 Å². The van der Waals surface area contributed by atoms with Gasteiger partial charge in [-0.15, -0.1) is 0 Å². The second-order valence-electron chi connectivity index (χ2n) is 7.49. The Morgan fingerprint density at radius 2 is 2.07 bits per heavy atom. The van der Waals surface area contributed by atoms with Crippen LogP contribution in [0.15, 0.2) is 39.6 Å². The van der Waals surface area contributed by atoms with Gasteiger partial charge >= 0.3 is 0 Å². The van der Waals surface area contributed by atoms with Gasteiger partial charge in [0.15, 0.2) is 10.7 Å². The fraction of sp³-hybridized carbons (Fsp3) is 0.391. The van der Waals surface area contributed by atoms with E-state index in [0.29, 0.717) is 17.2 Å². The molecule has 6 nitrogen and oxygen atoms in total. The van der Waals surface area contributed by atoms with Gasteiger partial charge in [0.1, 0.15) is 10.7 Å². The van der Waals surface area contributed by atoms with Crippen LogP contribution in [-0.4, -0.2) is 46.5 Å². The number of benzene rings is 1. The van der Waals surface area contributed by atoms with Crippen LogP contribution in [-0.2, 0) is 17.7 Å². The molecular formula is C23H29N3O3S. The molecule has 2 aromatic rings. The fourth-order valence-electron chi connectivity index (χ4n) is 3.65. The zero-order valence-corrected chi connectivity index (χ0v) is 18.2. The Hall–Kier alpha value is -2.35. The Balaban J connectivity index is 1.54. The van der Waals surface area contributed by atoms with Gasteiger partial charge in [-0.05, 0) is 54.0 Å². The van der Waals surface area contributed by atoms with E-state index in [0.717, 1.165) is 55.6 Å². The van der Waals surface area contributed by atoms with Gasteiger partial charge in [-0.1, -0.05) is 25.6 Å². The maximum Gasteiger partial charge on any atom is 0.287 e. The quantitative estimate of drug-likeness (QED) is 0.498. The van der Waals surface area contributed by atoms with Crippen LogP contribution >= 0.6 is 0 Å². The summed E-state index contributed by atoms with van der Waals surface area (Å²) in [5, 5.41) is 10.8. The summed E-state index contributed by atoms with van der Waals surface area (Å²) >= 11 is -0.999. The number of rotatable bonds is 8. The smallest absolute Gasteiger partial charge is 0.287 e. The number of hydrogen-bond acceptors (Lipinski definition) is 5. The van der Waals surface area contributed by atoms with Gasteiger partial charge in [-0.25, -0.2) is 0 Å². The van der Waals surface area contributed by atoms with Crippen molar-refractivity contribution in [2.75, 3.05) is 19.6 Å². The fourth-order valence-corrected chi connectivity index (χ4v) is 5.08. The Morgan fingerprint density at radius 1 is 1.37 bits per heavy atom. The highest BCUT2D eigenvalue weighted by atomic mass is 32.2. The SMILES string of the molecule is C=c1oc(C(=O)NCc2ccc([S+]([O-])C3CCN(CCC)CC3)cc2)c/c1=C/C=N. The van der Waals surface area contributed by atoms with Crippen LogP contribution in [0, 0.1) is 5.41 Å². The molecule has 1 amide bonds. The second kappa shape index (κ2) is 10.6. The molecule has 1 aliphatic heterocycles.